The predicted molar refractivity (Wildman–Crippen MR) is 67.0 cm³/mol. The van der Waals surface area contributed by atoms with Gasteiger partial charge in [0.1, 0.15) is 0 Å². The number of benzene rings is 1. The minimum Gasteiger partial charge on any atom is -0.266 e. The summed E-state index contributed by atoms with van der Waals surface area (Å²) in [5.74, 6) is 5.45. The normalized spacial score (nSPS) is 19.4. The van der Waals surface area contributed by atoms with E-state index in [9.17, 15) is 13.2 Å². The lowest BCUT2D eigenvalue weighted by atomic mass is 10.2. The van der Waals surface area contributed by atoms with Crippen LogP contribution < -0.4 is 5.84 Å². The van der Waals surface area contributed by atoms with Gasteiger partial charge in [-0.2, -0.15) is 0 Å². The highest BCUT2D eigenvalue weighted by Crippen LogP contribution is 2.08. The van der Waals surface area contributed by atoms with Crippen molar-refractivity contribution in [3.05, 3.63) is 35.9 Å². The summed E-state index contributed by atoms with van der Waals surface area (Å²) in [5, 5.41) is 2.56. The van der Waals surface area contributed by atoms with Crippen molar-refractivity contribution in [3.63, 3.8) is 0 Å². The molecule has 7 heteroatoms. The largest absolute Gasteiger partial charge is 0.282 e. The summed E-state index contributed by atoms with van der Waals surface area (Å²) in [6.07, 6.45) is 0. The van der Waals surface area contributed by atoms with Gasteiger partial charge in [-0.05, 0) is 12.1 Å². The van der Waals surface area contributed by atoms with Crippen LogP contribution in [0.2, 0.25) is 0 Å². The molecule has 0 unspecified atom stereocenters. The Morgan fingerprint density at radius 3 is 2.28 bits per heavy atom. The van der Waals surface area contributed by atoms with Crippen LogP contribution in [-0.4, -0.2) is 49.0 Å². The van der Waals surface area contributed by atoms with E-state index in [1.165, 1.54) is 0 Å². The van der Waals surface area contributed by atoms with E-state index in [0.29, 0.717) is 5.56 Å². The molecule has 0 spiro atoms. The molecular formula is C11H15N3O3S. The number of hydrogen-bond acceptors (Lipinski definition) is 5. The second kappa shape index (κ2) is 5.05. The van der Waals surface area contributed by atoms with Crippen LogP contribution in [0.25, 0.3) is 0 Å². The highest BCUT2D eigenvalue weighted by atomic mass is 32.2. The Hall–Kier alpha value is -1.44. The van der Waals surface area contributed by atoms with Gasteiger partial charge in [-0.25, -0.2) is 24.4 Å². The second-order valence-corrected chi connectivity index (χ2v) is 6.42. The second-order valence-electron chi connectivity index (χ2n) is 4.12. The Kier molecular flexibility index (Phi) is 3.65. The minimum absolute atomic E-state index is 0.0305. The number of sulfone groups is 1. The first-order chi connectivity index (χ1) is 8.49. The molecule has 18 heavy (non-hydrogen) atoms. The molecule has 0 radical (unpaired) electrons. The van der Waals surface area contributed by atoms with E-state index in [-0.39, 0.29) is 30.5 Å². The van der Waals surface area contributed by atoms with Crippen molar-refractivity contribution in [1.82, 2.24) is 10.1 Å². The number of nitrogens with zero attached hydrogens (tertiary/aromatic N) is 2. The molecule has 0 saturated carbocycles. The van der Waals surface area contributed by atoms with Gasteiger partial charge in [-0.3, -0.25) is 4.79 Å². The maximum absolute atomic E-state index is 12.0. The molecule has 98 valence electrons. The van der Waals surface area contributed by atoms with Gasteiger partial charge in [0.25, 0.3) is 5.91 Å². The molecule has 0 aliphatic carbocycles. The third-order valence-electron chi connectivity index (χ3n) is 2.85. The topological polar surface area (TPSA) is 83.7 Å². The van der Waals surface area contributed by atoms with Crippen LogP contribution in [0.5, 0.6) is 0 Å². The van der Waals surface area contributed by atoms with Gasteiger partial charge in [0.2, 0.25) is 0 Å². The van der Waals surface area contributed by atoms with Crippen molar-refractivity contribution in [2.75, 3.05) is 24.6 Å². The molecule has 2 rings (SSSR count). The zero-order valence-electron chi connectivity index (χ0n) is 9.82. The van der Waals surface area contributed by atoms with Gasteiger partial charge in [0, 0.05) is 18.7 Å². The van der Waals surface area contributed by atoms with Gasteiger partial charge in [-0.1, -0.05) is 18.2 Å². The highest BCUT2D eigenvalue weighted by molar-refractivity contribution is 7.91. The fourth-order valence-corrected chi connectivity index (χ4v) is 2.94. The van der Waals surface area contributed by atoms with E-state index in [1.54, 1.807) is 29.3 Å². The van der Waals surface area contributed by atoms with Gasteiger partial charge in [0.05, 0.1) is 11.5 Å². The summed E-state index contributed by atoms with van der Waals surface area (Å²) < 4.78 is 22.6. The zero-order chi connectivity index (χ0) is 13.2. The fraction of sp³-hybridized carbons (Fsp3) is 0.364. The maximum atomic E-state index is 12.0. The third-order valence-corrected chi connectivity index (χ3v) is 4.46. The first kappa shape index (κ1) is 13.0. The summed E-state index contributed by atoms with van der Waals surface area (Å²) in [6.45, 7) is 0.495. The van der Waals surface area contributed by atoms with Crippen molar-refractivity contribution >= 4 is 15.7 Å². The van der Waals surface area contributed by atoms with Gasteiger partial charge in [-0.15, -0.1) is 0 Å². The van der Waals surface area contributed by atoms with Crippen LogP contribution in [-0.2, 0) is 9.84 Å². The Morgan fingerprint density at radius 1 is 1.17 bits per heavy atom. The molecule has 1 saturated heterocycles. The number of amides is 1. The lowest BCUT2D eigenvalue weighted by Gasteiger charge is -2.33. The summed E-state index contributed by atoms with van der Waals surface area (Å²) in [4.78, 5) is 12.0. The number of carbonyl (C=O) groups is 1. The molecule has 0 aromatic heterocycles. The summed E-state index contributed by atoms with van der Waals surface area (Å²) in [7, 11) is -2.97. The molecule has 2 N–H and O–H groups in total. The molecule has 1 aromatic rings. The number of hydrazine groups is 2. The van der Waals surface area contributed by atoms with Crippen LogP contribution >= 0.6 is 0 Å². The van der Waals surface area contributed by atoms with Crippen molar-refractivity contribution in [1.29, 1.82) is 0 Å². The number of rotatable bonds is 2. The molecule has 1 aliphatic heterocycles. The number of nitrogens with two attached hydrogens (primary N) is 1. The molecule has 1 fully saturated rings. The van der Waals surface area contributed by atoms with E-state index in [1.807, 2.05) is 6.07 Å². The van der Waals surface area contributed by atoms with Crippen LogP contribution in [0.1, 0.15) is 10.4 Å². The molecule has 1 aliphatic rings. The van der Waals surface area contributed by atoms with E-state index >= 15 is 0 Å². The first-order valence-electron chi connectivity index (χ1n) is 5.59. The van der Waals surface area contributed by atoms with Gasteiger partial charge < -0.3 is 0 Å². The van der Waals surface area contributed by atoms with Crippen molar-refractivity contribution in [2.45, 2.75) is 0 Å². The highest BCUT2D eigenvalue weighted by Gasteiger charge is 2.27. The molecule has 1 aromatic carbocycles. The first-order valence-corrected chi connectivity index (χ1v) is 7.41. The zero-order valence-corrected chi connectivity index (χ0v) is 10.6. The lowest BCUT2D eigenvalue weighted by molar-refractivity contribution is -0.00620. The Balaban J connectivity index is 2.04. The summed E-state index contributed by atoms with van der Waals surface area (Å²) in [6, 6.07) is 8.65. The van der Waals surface area contributed by atoms with E-state index in [2.05, 4.69) is 0 Å². The molecule has 0 bridgehead atoms. The third kappa shape index (κ3) is 2.87. The smallest absolute Gasteiger partial charge is 0.266 e. The standard InChI is InChI=1S/C11H15N3O3S/c12-14(11(15)10-4-2-1-3-5-10)13-6-8-18(16,17)9-7-13/h1-5H,6-9,12H2. The van der Waals surface area contributed by atoms with Gasteiger partial charge in [0.15, 0.2) is 9.84 Å². The molecular weight excluding hydrogens is 254 g/mol. The Labute approximate surface area is 106 Å². The molecule has 0 atom stereocenters. The summed E-state index contributed by atoms with van der Waals surface area (Å²) in [5.41, 5.74) is 0.480. The Bertz CT molecular complexity index is 516. The molecule has 1 heterocycles. The van der Waals surface area contributed by atoms with Crippen LogP contribution in [0, 0.1) is 0 Å². The maximum Gasteiger partial charge on any atom is 0.282 e. The fourth-order valence-electron chi connectivity index (χ4n) is 1.76. The summed E-state index contributed by atoms with van der Waals surface area (Å²) >= 11 is 0. The average Bonchev–Trinajstić information content (AvgIpc) is 2.38. The number of carbonyl (C=O) groups excluding carboxylic acids is 1. The predicted octanol–water partition coefficient (Wildman–Crippen LogP) is -0.352. The Morgan fingerprint density at radius 2 is 1.72 bits per heavy atom. The van der Waals surface area contributed by atoms with Crippen molar-refractivity contribution in [2.24, 2.45) is 5.84 Å². The molecule has 1 amide bonds. The monoisotopic (exact) mass is 269 g/mol. The van der Waals surface area contributed by atoms with E-state index in [0.717, 1.165) is 5.12 Å². The van der Waals surface area contributed by atoms with Crippen LogP contribution in [0.3, 0.4) is 0 Å². The van der Waals surface area contributed by atoms with Crippen molar-refractivity contribution in [3.8, 4) is 0 Å². The van der Waals surface area contributed by atoms with E-state index in [4.69, 9.17) is 5.84 Å². The van der Waals surface area contributed by atoms with E-state index < -0.39 is 9.84 Å². The lowest BCUT2D eigenvalue weighted by Crippen LogP contribution is -2.56. The average molecular weight is 269 g/mol. The van der Waals surface area contributed by atoms with Crippen LogP contribution in [0.15, 0.2) is 30.3 Å². The minimum atomic E-state index is -2.97. The molecule has 6 nitrogen and oxygen atoms in total. The van der Waals surface area contributed by atoms with Gasteiger partial charge >= 0.3 is 0 Å². The SMILES string of the molecule is NN(C(=O)c1ccccc1)N1CCS(=O)(=O)CC1. The van der Waals surface area contributed by atoms with Crippen molar-refractivity contribution < 1.29 is 13.2 Å². The number of hydrogen-bond donors (Lipinski definition) is 1. The van der Waals surface area contributed by atoms with Crippen LogP contribution in [0.4, 0.5) is 0 Å². The quantitative estimate of drug-likeness (QED) is 0.450.